The summed E-state index contributed by atoms with van der Waals surface area (Å²) in [5.41, 5.74) is 3.28. The lowest BCUT2D eigenvalue weighted by molar-refractivity contribution is 0.0946. The summed E-state index contributed by atoms with van der Waals surface area (Å²) in [6.45, 7) is 1.23. The van der Waals surface area contributed by atoms with Crippen molar-refractivity contribution in [1.29, 1.82) is 0 Å². The average molecular weight is 287 g/mol. The summed E-state index contributed by atoms with van der Waals surface area (Å²) in [5.74, 6) is 0.711. The fourth-order valence-electron chi connectivity index (χ4n) is 2.31. The monoisotopic (exact) mass is 287 g/mol. The van der Waals surface area contributed by atoms with Gasteiger partial charge in [-0.05, 0) is 36.2 Å². The SMILES string of the molecule is O=C(NCCCO)c1cc(-c2ccc3c(c2)CCO3)n[nH]1. The van der Waals surface area contributed by atoms with Crippen LogP contribution in [0.15, 0.2) is 24.3 Å². The van der Waals surface area contributed by atoms with Crippen molar-refractivity contribution in [2.24, 2.45) is 0 Å². The molecule has 2 aromatic rings. The van der Waals surface area contributed by atoms with Crippen molar-refractivity contribution in [2.75, 3.05) is 19.8 Å². The number of H-pyrrole nitrogens is 1. The number of hydrogen-bond acceptors (Lipinski definition) is 4. The maximum absolute atomic E-state index is 11.9. The van der Waals surface area contributed by atoms with Crippen LogP contribution in [0, 0.1) is 0 Å². The largest absolute Gasteiger partial charge is 0.493 e. The van der Waals surface area contributed by atoms with Gasteiger partial charge in [-0.3, -0.25) is 9.89 Å². The van der Waals surface area contributed by atoms with E-state index >= 15 is 0 Å². The first-order chi connectivity index (χ1) is 10.3. The van der Waals surface area contributed by atoms with Crippen molar-refractivity contribution in [2.45, 2.75) is 12.8 Å². The molecule has 0 unspecified atom stereocenters. The highest BCUT2D eigenvalue weighted by Gasteiger charge is 2.15. The number of ether oxygens (including phenoxy) is 1. The summed E-state index contributed by atoms with van der Waals surface area (Å²) in [7, 11) is 0. The Morgan fingerprint density at radius 3 is 3.19 bits per heavy atom. The first-order valence-corrected chi connectivity index (χ1v) is 6.98. The lowest BCUT2D eigenvalue weighted by Gasteiger charge is -2.01. The Bertz CT molecular complexity index is 651. The van der Waals surface area contributed by atoms with Crippen LogP contribution in [-0.2, 0) is 6.42 Å². The first kappa shape index (κ1) is 13.6. The van der Waals surface area contributed by atoms with E-state index in [9.17, 15) is 4.79 Å². The number of carbonyl (C=O) groups excluding carboxylic acids is 1. The molecule has 0 radical (unpaired) electrons. The summed E-state index contributed by atoms with van der Waals surface area (Å²) in [6, 6.07) is 7.65. The van der Waals surface area contributed by atoms with E-state index in [0.29, 0.717) is 18.7 Å². The zero-order valence-corrected chi connectivity index (χ0v) is 11.6. The van der Waals surface area contributed by atoms with Crippen LogP contribution in [-0.4, -0.2) is 41.0 Å². The third kappa shape index (κ3) is 2.90. The number of aliphatic hydroxyl groups excluding tert-OH is 1. The minimum Gasteiger partial charge on any atom is -0.493 e. The molecule has 0 atom stereocenters. The molecule has 0 aliphatic carbocycles. The molecule has 0 bridgehead atoms. The lowest BCUT2D eigenvalue weighted by Crippen LogP contribution is -2.25. The molecule has 6 heteroatoms. The summed E-state index contributed by atoms with van der Waals surface area (Å²) in [4.78, 5) is 11.9. The van der Waals surface area contributed by atoms with Crippen LogP contribution in [0.4, 0.5) is 0 Å². The summed E-state index contributed by atoms with van der Waals surface area (Å²) in [5, 5.41) is 18.3. The third-order valence-corrected chi connectivity index (χ3v) is 3.43. The number of aliphatic hydroxyl groups is 1. The Kier molecular flexibility index (Phi) is 3.87. The summed E-state index contributed by atoms with van der Waals surface area (Å²) in [6.07, 6.45) is 1.44. The van der Waals surface area contributed by atoms with E-state index in [1.807, 2.05) is 18.2 Å². The number of aromatic amines is 1. The van der Waals surface area contributed by atoms with Crippen LogP contribution < -0.4 is 10.1 Å². The maximum atomic E-state index is 11.9. The molecule has 0 saturated carbocycles. The second kappa shape index (κ2) is 5.97. The normalized spacial score (nSPS) is 12.8. The fourth-order valence-corrected chi connectivity index (χ4v) is 2.31. The molecule has 3 rings (SSSR count). The number of hydrogen-bond donors (Lipinski definition) is 3. The van der Waals surface area contributed by atoms with E-state index < -0.39 is 0 Å². The quantitative estimate of drug-likeness (QED) is 0.719. The van der Waals surface area contributed by atoms with Crippen LogP contribution in [0.25, 0.3) is 11.3 Å². The molecule has 1 aliphatic heterocycles. The number of fused-ring (bicyclic) bond motifs is 1. The van der Waals surface area contributed by atoms with Gasteiger partial charge in [0.25, 0.3) is 5.91 Å². The predicted octanol–water partition coefficient (Wildman–Crippen LogP) is 1.12. The topological polar surface area (TPSA) is 87.2 Å². The Labute approximate surface area is 122 Å². The van der Waals surface area contributed by atoms with E-state index in [-0.39, 0.29) is 12.5 Å². The van der Waals surface area contributed by atoms with Crippen LogP contribution in [0.5, 0.6) is 5.75 Å². The predicted molar refractivity (Wildman–Crippen MR) is 77.3 cm³/mol. The Morgan fingerprint density at radius 1 is 1.43 bits per heavy atom. The zero-order valence-electron chi connectivity index (χ0n) is 11.6. The molecule has 6 nitrogen and oxygen atoms in total. The molecule has 0 spiro atoms. The smallest absolute Gasteiger partial charge is 0.269 e. The van der Waals surface area contributed by atoms with Crippen LogP contribution in [0.3, 0.4) is 0 Å². The van der Waals surface area contributed by atoms with Crippen molar-refractivity contribution in [1.82, 2.24) is 15.5 Å². The van der Waals surface area contributed by atoms with Crippen molar-refractivity contribution < 1.29 is 14.6 Å². The molecule has 1 aromatic heterocycles. The molecule has 0 saturated heterocycles. The molecular weight excluding hydrogens is 270 g/mol. The zero-order chi connectivity index (χ0) is 14.7. The lowest BCUT2D eigenvalue weighted by atomic mass is 10.1. The van der Waals surface area contributed by atoms with E-state index in [4.69, 9.17) is 9.84 Å². The number of benzene rings is 1. The van der Waals surface area contributed by atoms with Crippen molar-refractivity contribution in [3.05, 3.63) is 35.5 Å². The van der Waals surface area contributed by atoms with Gasteiger partial charge in [-0.2, -0.15) is 5.10 Å². The highest BCUT2D eigenvalue weighted by molar-refractivity contribution is 5.93. The molecule has 110 valence electrons. The minimum absolute atomic E-state index is 0.0612. The van der Waals surface area contributed by atoms with Gasteiger partial charge in [0.2, 0.25) is 0 Å². The molecular formula is C15H17N3O3. The number of aromatic nitrogens is 2. The number of carbonyl (C=O) groups is 1. The van der Waals surface area contributed by atoms with E-state index in [1.165, 1.54) is 5.56 Å². The molecule has 1 aliphatic rings. The molecule has 2 heterocycles. The number of nitrogens with one attached hydrogen (secondary N) is 2. The van der Waals surface area contributed by atoms with Gasteiger partial charge in [0.05, 0.1) is 12.3 Å². The van der Waals surface area contributed by atoms with Gasteiger partial charge >= 0.3 is 0 Å². The molecule has 0 fully saturated rings. The summed E-state index contributed by atoms with van der Waals surface area (Å²) < 4.78 is 5.47. The van der Waals surface area contributed by atoms with Gasteiger partial charge in [0.1, 0.15) is 11.4 Å². The van der Waals surface area contributed by atoms with E-state index in [2.05, 4.69) is 15.5 Å². The van der Waals surface area contributed by atoms with Crippen molar-refractivity contribution in [3.8, 4) is 17.0 Å². The van der Waals surface area contributed by atoms with Crippen molar-refractivity contribution >= 4 is 5.91 Å². The van der Waals surface area contributed by atoms with Crippen LogP contribution in [0.2, 0.25) is 0 Å². The minimum atomic E-state index is -0.216. The first-order valence-electron chi connectivity index (χ1n) is 6.98. The highest BCUT2D eigenvalue weighted by atomic mass is 16.5. The Balaban J connectivity index is 1.74. The summed E-state index contributed by atoms with van der Waals surface area (Å²) >= 11 is 0. The van der Waals surface area contributed by atoms with Crippen LogP contribution >= 0.6 is 0 Å². The van der Waals surface area contributed by atoms with Gasteiger partial charge in [-0.1, -0.05) is 0 Å². The standard InChI is InChI=1S/C15H17N3O3/c19-6-1-5-16-15(20)13-9-12(17-18-13)10-2-3-14-11(8-10)4-7-21-14/h2-3,8-9,19H,1,4-7H2,(H,16,20)(H,17,18). The van der Waals surface area contributed by atoms with E-state index in [1.54, 1.807) is 6.07 Å². The fraction of sp³-hybridized carbons (Fsp3) is 0.333. The maximum Gasteiger partial charge on any atom is 0.269 e. The number of rotatable bonds is 5. The average Bonchev–Trinajstić information content (AvgIpc) is 3.15. The highest BCUT2D eigenvalue weighted by Crippen LogP contribution is 2.29. The molecule has 3 N–H and O–H groups in total. The van der Waals surface area contributed by atoms with Crippen molar-refractivity contribution in [3.63, 3.8) is 0 Å². The van der Waals surface area contributed by atoms with Gasteiger partial charge < -0.3 is 15.2 Å². The second-order valence-corrected chi connectivity index (χ2v) is 4.92. The Morgan fingerprint density at radius 2 is 2.33 bits per heavy atom. The third-order valence-electron chi connectivity index (χ3n) is 3.43. The second-order valence-electron chi connectivity index (χ2n) is 4.92. The van der Waals surface area contributed by atoms with Gasteiger partial charge in [0.15, 0.2) is 0 Å². The number of nitrogens with zero attached hydrogens (tertiary/aromatic N) is 1. The molecule has 1 amide bonds. The van der Waals surface area contributed by atoms with Crippen LogP contribution in [0.1, 0.15) is 22.5 Å². The molecule has 21 heavy (non-hydrogen) atoms. The van der Waals surface area contributed by atoms with E-state index in [0.717, 1.165) is 30.0 Å². The van der Waals surface area contributed by atoms with Gasteiger partial charge in [0, 0.05) is 25.1 Å². The van der Waals surface area contributed by atoms with Gasteiger partial charge in [-0.25, -0.2) is 0 Å². The molecule has 1 aromatic carbocycles. The Hall–Kier alpha value is -2.34. The van der Waals surface area contributed by atoms with Gasteiger partial charge in [-0.15, -0.1) is 0 Å². The number of amides is 1.